The summed E-state index contributed by atoms with van der Waals surface area (Å²) in [5.74, 6) is -0.196. The lowest BCUT2D eigenvalue weighted by atomic mass is 10.1. The summed E-state index contributed by atoms with van der Waals surface area (Å²) in [6, 6.07) is 17.9. The van der Waals surface area contributed by atoms with Crippen molar-refractivity contribution in [3.63, 3.8) is 0 Å². The molecule has 2 aromatic carbocycles. The quantitative estimate of drug-likeness (QED) is 0.522. The predicted octanol–water partition coefficient (Wildman–Crippen LogP) is 5.24. The molecule has 2 aromatic heterocycles. The highest BCUT2D eigenvalue weighted by Crippen LogP contribution is 2.33. The van der Waals surface area contributed by atoms with Crippen molar-refractivity contribution in [2.24, 2.45) is 0 Å². The lowest BCUT2D eigenvalue weighted by Crippen LogP contribution is -2.11. The molecule has 0 aliphatic heterocycles. The van der Waals surface area contributed by atoms with Crippen molar-refractivity contribution in [3.8, 4) is 0 Å². The van der Waals surface area contributed by atoms with E-state index in [0.717, 1.165) is 45.2 Å². The van der Waals surface area contributed by atoms with Gasteiger partial charge in [0.25, 0.3) is 5.91 Å². The minimum absolute atomic E-state index is 0.196. The molecule has 0 bridgehead atoms. The van der Waals surface area contributed by atoms with Gasteiger partial charge in [0.15, 0.2) is 0 Å². The van der Waals surface area contributed by atoms with E-state index >= 15 is 0 Å². The monoisotopic (exact) mass is 361 g/mol. The Morgan fingerprint density at radius 3 is 2.73 bits per heavy atom. The fourth-order valence-corrected chi connectivity index (χ4v) is 4.06. The molecule has 0 saturated heterocycles. The van der Waals surface area contributed by atoms with E-state index < -0.39 is 0 Å². The number of pyridine rings is 1. The number of aromatic nitrogens is 1. The van der Waals surface area contributed by atoms with Crippen LogP contribution in [0.15, 0.2) is 54.6 Å². The number of nitrogens with one attached hydrogen (secondary N) is 1. The maximum atomic E-state index is 12.7. The predicted molar refractivity (Wildman–Crippen MR) is 110 cm³/mol. The van der Waals surface area contributed by atoms with Crippen LogP contribution in [0.1, 0.15) is 28.7 Å². The smallest absolute Gasteiger partial charge is 0.267 e. The van der Waals surface area contributed by atoms with Gasteiger partial charge in [-0.05, 0) is 41.5 Å². The van der Waals surface area contributed by atoms with Gasteiger partial charge in [0, 0.05) is 16.8 Å². The van der Waals surface area contributed by atoms with Gasteiger partial charge in [0.1, 0.15) is 9.71 Å². The first-order valence-corrected chi connectivity index (χ1v) is 9.45. The van der Waals surface area contributed by atoms with Crippen LogP contribution >= 0.6 is 11.3 Å². The molecule has 2 heterocycles. The molecule has 3 N–H and O–H groups in total. The summed E-state index contributed by atoms with van der Waals surface area (Å²) >= 11 is 1.35. The van der Waals surface area contributed by atoms with E-state index in [1.54, 1.807) is 0 Å². The van der Waals surface area contributed by atoms with E-state index in [0.29, 0.717) is 10.6 Å². The summed E-state index contributed by atoms with van der Waals surface area (Å²) in [6.07, 6.45) is 1.96. The highest BCUT2D eigenvalue weighted by atomic mass is 32.1. The highest BCUT2D eigenvalue weighted by molar-refractivity contribution is 7.21. The van der Waals surface area contributed by atoms with Gasteiger partial charge >= 0.3 is 0 Å². The molecule has 4 rings (SSSR count). The lowest BCUT2D eigenvalue weighted by Gasteiger charge is -2.06. The fraction of sp³-hybridized carbons (Fsp3) is 0.143. The van der Waals surface area contributed by atoms with Crippen LogP contribution in [0.2, 0.25) is 0 Å². The number of hydrogen-bond acceptors (Lipinski definition) is 4. The van der Waals surface area contributed by atoms with Crippen LogP contribution in [0.5, 0.6) is 0 Å². The molecule has 26 heavy (non-hydrogen) atoms. The average Bonchev–Trinajstić information content (AvgIpc) is 2.98. The van der Waals surface area contributed by atoms with Crippen molar-refractivity contribution in [1.29, 1.82) is 0 Å². The molecule has 0 unspecified atom stereocenters. The first-order chi connectivity index (χ1) is 12.7. The number of amides is 1. The Balaban J connectivity index is 1.65. The zero-order valence-corrected chi connectivity index (χ0v) is 15.3. The highest BCUT2D eigenvalue weighted by Gasteiger charge is 2.17. The molecule has 0 fully saturated rings. The van der Waals surface area contributed by atoms with E-state index in [9.17, 15) is 4.79 Å². The van der Waals surface area contributed by atoms with Crippen LogP contribution in [0, 0.1) is 0 Å². The number of carbonyl (C=O) groups excluding carboxylic acids is 1. The van der Waals surface area contributed by atoms with E-state index in [1.165, 1.54) is 11.3 Å². The normalized spacial score (nSPS) is 11.1. The summed E-state index contributed by atoms with van der Waals surface area (Å²) in [4.78, 5) is 18.7. The van der Waals surface area contributed by atoms with Crippen molar-refractivity contribution in [1.82, 2.24) is 4.98 Å². The molecule has 1 amide bonds. The number of nitrogens with zero attached hydrogens (tertiary/aromatic N) is 1. The number of benzene rings is 2. The van der Waals surface area contributed by atoms with Crippen LogP contribution in [-0.4, -0.2) is 10.9 Å². The third kappa shape index (κ3) is 3.02. The second kappa shape index (κ2) is 6.77. The molecule has 0 aliphatic carbocycles. The molecule has 0 saturated carbocycles. The molecular formula is C21H19N3OS. The number of anilines is 2. The van der Waals surface area contributed by atoms with Gasteiger partial charge in [-0.15, -0.1) is 11.3 Å². The second-order valence-electron chi connectivity index (χ2n) is 6.27. The topological polar surface area (TPSA) is 68.0 Å². The van der Waals surface area contributed by atoms with Gasteiger partial charge in [0.2, 0.25) is 0 Å². The molecule has 0 radical (unpaired) electrons. The Labute approximate surface area is 155 Å². The maximum Gasteiger partial charge on any atom is 0.267 e. The molecule has 0 aliphatic rings. The van der Waals surface area contributed by atoms with Crippen molar-refractivity contribution in [3.05, 3.63) is 65.2 Å². The largest absolute Gasteiger partial charge is 0.397 e. The number of nitrogen functional groups attached to an aromatic ring is 1. The van der Waals surface area contributed by atoms with Gasteiger partial charge in [-0.2, -0.15) is 0 Å². The minimum atomic E-state index is -0.196. The third-order valence-corrected chi connectivity index (χ3v) is 5.49. The minimum Gasteiger partial charge on any atom is -0.397 e. The standard InChI is InChI=1S/C21H19N3OS/c1-2-5-15-10-11-17-18(22)19(26-21(17)24-15)20(25)23-16-9-8-13-6-3-4-7-14(13)12-16/h3-4,6-12H,2,5,22H2,1H3,(H,23,25). The van der Waals surface area contributed by atoms with E-state index in [1.807, 2.05) is 54.6 Å². The molecule has 4 aromatic rings. The average molecular weight is 361 g/mol. The zero-order chi connectivity index (χ0) is 18.1. The number of fused-ring (bicyclic) bond motifs is 2. The Bertz CT molecular complexity index is 1120. The van der Waals surface area contributed by atoms with Gasteiger partial charge in [-0.25, -0.2) is 4.98 Å². The van der Waals surface area contributed by atoms with Gasteiger partial charge in [-0.1, -0.05) is 43.7 Å². The van der Waals surface area contributed by atoms with E-state index in [2.05, 4.69) is 17.2 Å². The Hall–Kier alpha value is -2.92. The molecular weight excluding hydrogens is 342 g/mol. The summed E-state index contributed by atoms with van der Waals surface area (Å²) in [6.45, 7) is 2.12. The van der Waals surface area contributed by atoms with Gasteiger partial charge in [-0.3, -0.25) is 4.79 Å². The van der Waals surface area contributed by atoms with Crippen molar-refractivity contribution >= 4 is 49.6 Å². The molecule has 130 valence electrons. The Morgan fingerprint density at radius 1 is 1.12 bits per heavy atom. The van der Waals surface area contributed by atoms with Crippen molar-refractivity contribution < 1.29 is 4.79 Å². The summed E-state index contributed by atoms with van der Waals surface area (Å²) < 4.78 is 0. The Morgan fingerprint density at radius 2 is 1.92 bits per heavy atom. The summed E-state index contributed by atoms with van der Waals surface area (Å²) in [5.41, 5.74) is 8.50. The van der Waals surface area contributed by atoms with Crippen molar-refractivity contribution in [2.75, 3.05) is 11.1 Å². The molecule has 0 atom stereocenters. The Kier molecular flexibility index (Phi) is 4.31. The van der Waals surface area contributed by atoms with Crippen LogP contribution in [-0.2, 0) is 6.42 Å². The fourth-order valence-electron chi connectivity index (χ4n) is 3.05. The van der Waals surface area contributed by atoms with Crippen LogP contribution < -0.4 is 11.1 Å². The number of rotatable bonds is 4. The van der Waals surface area contributed by atoms with Crippen LogP contribution in [0.25, 0.3) is 21.0 Å². The number of hydrogen-bond donors (Lipinski definition) is 2. The van der Waals surface area contributed by atoms with E-state index in [4.69, 9.17) is 5.73 Å². The SMILES string of the molecule is CCCc1ccc2c(N)c(C(=O)Nc3ccc4ccccc4c3)sc2n1. The maximum absolute atomic E-state index is 12.7. The molecule has 0 spiro atoms. The number of aryl methyl sites for hydroxylation is 1. The first kappa shape index (κ1) is 16.5. The van der Waals surface area contributed by atoms with Crippen molar-refractivity contribution in [2.45, 2.75) is 19.8 Å². The molecule has 4 nitrogen and oxygen atoms in total. The zero-order valence-electron chi connectivity index (χ0n) is 14.5. The second-order valence-corrected chi connectivity index (χ2v) is 7.27. The summed E-state index contributed by atoms with van der Waals surface area (Å²) in [7, 11) is 0. The lowest BCUT2D eigenvalue weighted by molar-refractivity contribution is 0.103. The van der Waals surface area contributed by atoms with Crippen LogP contribution in [0.3, 0.4) is 0 Å². The van der Waals surface area contributed by atoms with Gasteiger partial charge in [0.05, 0.1) is 5.69 Å². The number of carbonyl (C=O) groups is 1. The third-order valence-electron chi connectivity index (χ3n) is 4.37. The summed E-state index contributed by atoms with van der Waals surface area (Å²) in [5, 5.41) is 6.02. The van der Waals surface area contributed by atoms with Gasteiger partial charge < -0.3 is 11.1 Å². The number of nitrogens with two attached hydrogens (primary N) is 1. The number of thiophene rings is 1. The van der Waals surface area contributed by atoms with E-state index in [-0.39, 0.29) is 5.91 Å². The molecule has 5 heteroatoms. The van der Waals surface area contributed by atoms with Crippen LogP contribution in [0.4, 0.5) is 11.4 Å². The first-order valence-electron chi connectivity index (χ1n) is 8.63.